The van der Waals surface area contributed by atoms with Crippen molar-refractivity contribution < 1.29 is 14.3 Å². The molecule has 1 aliphatic rings. The predicted molar refractivity (Wildman–Crippen MR) is 62.1 cm³/mol. The van der Waals surface area contributed by atoms with Gasteiger partial charge >= 0.3 is 0 Å². The first-order valence-corrected chi connectivity index (χ1v) is 5.59. The fourth-order valence-corrected chi connectivity index (χ4v) is 1.61. The summed E-state index contributed by atoms with van der Waals surface area (Å²) in [4.78, 5) is 17.3. The lowest BCUT2D eigenvalue weighted by Crippen LogP contribution is -2.22. The summed E-state index contributed by atoms with van der Waals surface area (Å²) in [5.41, 5.74) is 0.560. The number of pyridine rings is 1. The van der Waals surface area contributed by atoms with E-state index in [4.69, 9.17) is 9.47 Å². The van der Waals surface area contributed by atoms with Gasteiger partial charge in [-0.25, -0.2) is 4.98 Å². The standard InChI is InChI=1S/C12H16N2O3/c1-14(2)12(15)9-3-4-11(13-7-9)17-10-5-6-16-8-10/h3-4,7,10H,5-6,8H2,1-2H3/t10-/m1/s1. The number of rotatable bonds is 3. The van der Waals surface area contributed by atoms with Crippen LogP contribution in [0.15, 0.2) is 18.3 Å². The van der Waals surface area contributed by atoms with Crippen molar-refractivity contribution in [2.75, 3.05) is 27.3 Å². The Balaban J connectivity index is 1.99. The molecule has 92 valence electrons. The maximum absolute atomic E-state index is 11.6. The van der Waals surface area contributed by atoms with Gasteiger partial charge in [0, 0.05) is 32.8 Å². The third-order valence-corrected chi connectivity index (χ3v) is 2.56. The van der Waals surface area contributed by atoms with Crippen molar-refractivity contribution in [3.63, 3.8) is 0 Å². The first kappa shape index (κ1) is 11.9. The summed E-state index contributed by atoms with van der Waals surface area (Å²) in [6.07, 6.45) is 2.51. The van der Waals surface area contributed by atoms with E-state index in [1.165, 1.54) is 11.1 Å². The van der Waals surface area contributed by atoms with Gasteiger partial charge in [0.05, 0.1) is 18.8 Å². The monoisotopic (exact) mass is 236 g/mol. The summed E-state index contributed by atoms with van der Waals surface area (Å²) in [5.74, 6) is 0.476. The van der Waals surface area contributed by atoms with Crippen LogP contribution in [0.3, 0.4) is 0 Å². The Morgan fingerprint density at radius 3 is 2.88 bits per heavy atom. The van der Waals surface area contributed by atoms with E-state index >= 15 is 0 Å². The van der Waals surface area contributed by atoms with Gasteiger partial charge in [-0.05, 0) is 6.07 Å². The number of carbonyl (C=O) groups excluding carboxylic acids is 1. The second kappa shape index (κ2) is 5.14. The number of amides is 1. The number of nitrogens with zero attached hydrogens (tertiary/aromatic N) is 2. The molecule has 1 atom stereocenters. The molecule has 0 saturated carbocycles. The Morgan fingerprint density at radius 2 is 2.35 bits per heavy atom. The molecule has 1 aliphatic heterocycles. The molecule has 0 unspecified atom stereocenters. The van der Waals surface area contributed by atoms with Crippen molar-refractivity contribution in [2.45, 2.75) is 12.5 Å². The zero-order chi connectivity index (χ0) is 12.3. The quantitative estimate of drug-likeness (QED) is 0.784. The SMILES string of the molecule is CN(C)C(=O)c1ccc(O[C@@H]2CCOC2)nc1. The molecule has 0 spiro atoms. The molecule has 1 aromatic heterocycles. The van der Waals surface area contributed by atoms with E-state index in [1.54, 1.807) is 26.2 Å². The molecule has 2 rings (SSSR count). The van der Waals surface area contributed by atoms with Gasteiger partial charge in [0.25, 0.3) is 5.91 Å². The largest absolute Gasteiger partial charge is 0.472 e. The molecule has 2 heterocycles. The van der Waals surface area contributed by atoms with Crippen LogP contribution in [0.4, 0.5) is 0 Å². The van der Waals surface area contributed by atoms with Crippen molar-refractivity contribution >= 4 is 5.91 Å². The van der Waals surface area contributed by atoms with Gasteiger partial charge in [0.15, 0.2) is 0 Å². The molecule has 0 bridgehead atoms. The molecule has 1 saturated heterocycles. The third-order valence-electron chi connectivity index (χ3n) is 2.56. The minimum absolute atomic E-state index is 0.0618. The van der Waals surface area contributed by atoms with Crippen molar-refractivity contribution in [2.24, 2.45) is 0 Å². The van der Waals surface area contributed by atoms with E-state index < -0.39 is 0 Å². The number of ether oxygens (including phenoxy) is 2. The highest BCUT2D eigenvalue weighted by Gasteiger charge is 2.17. The maximum Gasteiger partial charge on any atom is 0.254 e. The fourth-order valence-electron chi connectivity index (χ4n) is 1.61. The molecule has 1 fully saturated rings. The van der Waals surface area contributed by atoms with E-state index in [2.05, 4.69) is 4.98 Å². The van der Waals surface area contributed by atoms with E-state index in [0.29, 0.717) is 18.1 Å². The van der Waals surface area contributed by atoms with E-state index in [9.17, 15) is 4.79 Å². The summed E-state index contributed by atoms with van der Waals surface area (Å²) in [6.45, 7) is 1.35. The Bertz CT molecular complexity index is 383. The highest BCUT2D eigenvalue weighted by atomic mass is 16.5. The van der Waals surface area contributed by atoms with E-state index in [0.717, 1.165) is 13.0 Å². The first-order valence-electron chi connectivity index (χ1n) is 5.59. The van der Waals surface area contributed by atoms with Crippen molar-refractivity contribution in [1.82, 2.24) is 9.88 Å². The van der Waals surface area contributed by atoms with Crippen molar-refractivity contribution in [3.05, 3.63) is 23.9 Å². The van der Waals surface area contributed by atoms with E-state index in [1.807, 2.05) is 0 Å². The number of aromatic nitrogens is 1. The molecule has 1 amide bonds. The van der Waals surface area contributed by atoms with Crippen LogP contribution in [-0.4, -0.2) is 49.2 Å². The summed E-state index contributed by atoms with van der Waals surface area (Å²) in [6, 6.07) is 3.44. The molecule has 17 heavy (non-hydrogen) atoms. The molecule has 0 aliphatic carbocycles. The summed E-state index contributed by atoms with van der Waals surface area (Å²) in [7, 11) is 3.42. The van der Waals surface area contributed by atoms with Crippen LogP contribution >= 0.6 is 0 Å². The normalized spacial score (nSPS) is 19.1. The molecule has 5 heteroatoms. The van der Waals surface area contributed by atoms with Crippen LogP contribution in [0, 0.1) is 0 Å². The zero-order valence-corrected chi connectivity index (χ0v) is 10.0. The van der Waals surface area contributed by atoms with Gasteiger partial charge in [-0.1, -0.05) is 0 Å². The highest BCUT2D eigenvalue weighted by Crippen LogP contribution is 2.15. The average Bonchev–Trinajstić information content (AvgIpc) is 2.82. The molecule has 1 aromatic rings. The van der Waals surface area contributed by atoms with E-state index in [-0.39, 0.29) is 12.0 Å². The lowest BCUT2D eigenvalue weighted by molar-refractivity contribution is 0.0827. The number of carbonyl (C=O) groups is 1. The Labute approximate surface area is 100 Å². The maximum atomic E-state index is 11.6. The van der Waals surface area contributed by atoms with Gasteiger partial charge in [-0.15, -0.1) is 0 Å². The third kappa shape index (κ3) is 2.94. The first-order chi connectivity index (χ1) is 8.16. The second-order valence-corrected chi connectivity index (χ2v) is 4.19. The molecule has 0 N–H and O–H groups in total. The van der Waals surface area contributed by atoms with Crippen LogP contribution in [0.25, 0.3) is 0 Å². The van der Waals surface area contributed by atoms with Gasteiger partial charge in [-0.3, -0.25) is 4.79 Å². The molecule has 0 radical (unpaired) electrons. The second-order valence-electron chi connectivity index (χ2n) is 4.19. The number of hydrogen-bond acceptors (Lipinski definition) is 4. The highest BCUT2D eigenvalue weighted by molar-refractivity contribution is 5.93. The Kier molecular flexibility index (Phi) is 3.58. The van der Waals surface area contributed by atoms with Gasteiger partial charge in [-0.2, -0.15) is 0 Å². The predicted octanol–water partition coefficient (Wildman–Crippen LogP) is 0.951. The van der Waals surface area contributed by atoms with Crippen LogP contribution < -0.4 is 4.74 Å². The molecule has 5 nitrogen and oxygen atoms in total. The molecular weight excluding hydrogens is 220 g/mol. The number of hydrogen-bond donors (Lipinski definition) is 0. The van der Waals surface area contributed by atoms with Gasteiger partial charge < -0.3 is 14.4 Å². The smallest absolute Gasteiger partial charge is 0.254 e. The minimum atomic E-state index is -0.0618. The van der Waals surface area contributed by atoms with Gasteiger partial charge in [0.2, 0.25) is 5.88 Å². The lowest BCUT2D eigenvalue weighted by atomic mass is 10.2. The Morgan fingerprint density at radius 1 is 1.53 bits per heavy atom. The molecule has 0 aromatic carbocycles. The summed E-state index contributed by atoms with van der Waals surface area (Å²) < 4.78 is 10.8. The summed E-state index contributed by atoms with van der Waals surface area (Å²) in [5, 5.41) is 0. The van der Waals surface area contributed by atoms with Crippen LogP contribution in [-0.2, 0) is 4.74 Å². The van der Waals surface area contributed by atoms with Crippen LogP contribution in [0.1, 0.15) is 16.8 Å². The van der Waals surface area contributed by atoms with Gasteiger partial charge in [0.1, 0.15) is 6.10 Å². The lowest BCUT2D eigenvalue weighted by Gasteiger charge is -2.12. The topological polar surface area (TPSA) is 51.7 Å². The van der Waals surface area contributed by atoms with Crippen molar-refractivity contribution in [1.29, 1.82) is 0 Å². The average molecular weight is 236 g/mol. The van der Waals surface area contributed by atoms with Crippen molar-refractivity contribution in [3.8, 4) is 5.88 Å². The minimum Gasteiger partial charge on any atom is -0.472 e. The zero-order valence-electron chi connectivity index (χ0n) is 10.0. The van der Waals surface area contributed by atoms with Crippen LogP contribution in [0.2, 0.25) is 0 Å². The Hall–Kier alpha value is -1.62. The fraction of sp³-hybridized carbons (Fsp3) is 0.500. The summed E-state index contributed by atoms with van der Waals surface area (Å²) >= 11 is 0. The van der Waals surface area contributed by atoms with Crippen LogP contribution in [0.5, 0.6) is 5.88 Å². The molecular formula is C12H16N2O3.